The maximum atomic E-state index is 10.7. The Hall–Kier alpha value is -2.36. The summed E-state index contributed by atoms with van der Waals surface area (Å²) in [5.41, 5.74) is 3.76. The van der Waals surface area contributed by atoms with E-state index < -0.39 is 5.97 Å². The van der Waals surface area contributed by atoms with Gasteiger partial charge in [0, 0.05) is 17.8 Å². The van der Waals surface area contributed by atoms with E-state index in [-0.39, 0.29) is 6.42 Å². The molecule has 4 nitrogen and oxygen atoms in total. The first-order valence-corrected chi connectivity index (χ1v) is 5.92. The number of hydrogen-bond acceptors (Lipinski definition) is 3. The van der Waals surface area contributed by atoms with Gasteiger partial charge in [-0.1, -0.05) is 24.3 Å². The summed E-state index contributed by atoms with van der Waals surface area (Å²) in [4.78, 5) is 14.9. The SMILES string of the molecule is COc1cc(C)c(-c2cccc(CC(=O)O)c2)cn1. The molecule has 98 valence electrons. The summed E-state index contributed by atoms with van der Waals surface area (Å²) in [7, 11) is 1.58. The van der Waals surface area contributed by atoms with Crippen molar-refractivity contribution in [2.75, 3.05) is 7.11 Å². The Bertz CT molecular complexity index is 608. The fourth-order valence-electron chi connectivity index (χ4n) is 1.97. The molecule has 1 aromatic carbocycles. The largest absolute Gasteiger partial charge is 0.481 e. The highest BCUT2D eigenvalue weighted by atomic mass is 16.5. The molecule has 4 heteroatoms. The van der Waals surface area contributed by atoms with Crippen LogP contribution in [0.4, 0.5) is 0 Å². The summed E-state index contributed by atoms with van der Waals surface area (Å²) >= 11 is 0. The molecule has 2 aromatic rings. The number of hydrogen-bond donors (Lipinski definition) is 1. The molecule has 19 heavy (non-hydrogen) atoms. The Morgan fingerprint density at radius 1 is 1.37 bits per heavy atom. The first-order valence-electron chi connectivity index (χ1n) is 5.92. The second kappa shape index (κ2) is 5.52. The Morgan fingerprint density at radius 2 is 2.16 bits per heavy atom. The number of benzene rings is 1. The van der Waals surface area contributed by atoms with Gasteiger partial charge < -0.3 is 9.84 Å². The Kier molecular flexibility index (Phi) is 3.80. The molecule has 0 aliphatic heterocycles. The molecule has 1 aromatic heterocycles. The van der Waals surface area contributed by atoms with Crippen molar-refractivity contribution in [3.05, 3.63) is 47.7 Å². The minimum absolute atomic E-state index is 0.0243. The summed E-state index contributed by atoms with van der Waals surface area (Å²) in [6.07, 6.45) is 1.77. The second-order valence-electron chi connectivity index (χ2n) is 4.31. The van der Waals surface area contributed by atoms with Crippen molar-refractivity contribution >= 4 is 5.97 Å². The zero-order valence-electron chi connectivity index (χ0n) is 10.9. The van der Waals surface area contributed by atoms with Gasteiger partial charge in [0.1, 0.15) is 0 Å². The average molecular weight is 257 g/mol. The molecule has 0 atom stereocenters. The van der Waals surface area contributed by atoms with Gasteiger partial charge in [-0.3, -0.25) is 4.79 Å². The average Bonchev–Trinajstić information content (AvgIpc) is 2.38. The number of aliphatic carboxylic acids is 1. The van der Waals surface area contributed by atoms with Crippen LogP contribution in [-0.2, 0) is 11.2 Å². The van der Waals surface area contributed by atoms with Gasteiger partial charge in [0.25, 0.3) is 0 Å². The van der Waals surface area contributed by atoms with E-state index in [4.69, 9.17) is 9.84 Å². The minimum atomic E-state index is -0.832. The molecule has 0 saturated heterocycles. The van der Waals surface area contributed by atoms with Gasteiger partial charge in [0.15, 0.2) is 0 Å². The van der Waals surface area contributed by atoms with Gasteiger partial charge in [-0.15, -0.1) is 0 Å². The maximum absolute atomic E-state index is 10.7. The predicted molar refractivity (Wildman–Crippen MR) is 72.3 cm³/mol. The number of methoxy groups -OCH3 is 1. The van der Waals surface area contributed by atoms with Crippen molar-refractivity contribution in [3.8, 4) is 17.0 Å². The molecule has 0 spiro atoms. The van der Waals surface area contributed by atoms with Crippen LogP contribution in [0.1, 0.15) is 11.1 Å². The van der Waals surface area contributed by atoms with Crippen LogP contribution in [0.2, 0.25) is 0 Å². The van der Waals surface area contributed by atoms with Gasteiger partial charge >= 0.3 is 5.97 Å². The number of carbonyl (C=O) groups is 1. The lowest BCUT2D eigenvalue weighted by Crippen LogP contribution is -2.00. The van der Waals surface area contributed by atoms with Crippen LogP contribution in [0.5, 0.6) is 5.88 Å². The van der Waals surface area contributed by atoms with Crippen molar-refractivity contribution in [2.24, 2.45) is 0 Å². The molecule has 1 N–H and O–H groups in total. The lowest BCUT2D eigenvalue weighted by atomic mass is 10.00. The first-order chi connectivity index (χ1) is 9.10. The minimum Gasteiger partial charge on any atom is -0.481 e. The Morgan fingerprint density at radius 3 is 2.79 bits per heavy atom. The van der Waals surface area contributed by atoms with E-state index in [2.05, 4.69) is 4.98 Å². The summed E-state index contributed by atoms with van der Waals surface area (Å²) in [6.45, 7) is 1.98. The second-order valence-corrected chi connectivity index (χ2v) is 4.31. The Balaban J connectivity index is 2.38. The number of rotatable bonds is 4. The normalized spacial score (nSPS) is 10.2. The van der Waals surface area contributed by atoms with Gasteiger partial charge in [0.2, 0.25) is 5.88 Å². The zero-order chi connectivity index (χ0) is 13.8. The Labute approximate surface area is 111 Å². The first kappa shape index (κ1) is 13.1. The number of carboxylic acid groups (broad SMARTS) is 1. The number of pyridine rings is 1. The van der Waals surface area contributed by atoms with E-state index in [1.165, 1.54) is 0 Å². The van der Waals surface area contributed by atoms with Crippen LogP contribution in [-0.4, -0.2) is 23.2 Å². The molecular formula is C15H15NO3. The van der Waals surface area contributed by atoms with E-state index in [1.54, 1.807) is 13.3 Å². The highest BCUT2D eigenvalue weighted by Gasteiger charge is 2.07. The van der Waals surface area contributed by atoms with Gasteiger partial charge in [-0.25, -0.2) is 4.98 Å². The number of carboxylic acids is 1. The van der Waals surface area contributed by atoms with Crippen molar-refractivity contribution < 1.29 is 14.6 Å². The number of ether oxygens (including phenoxy) is 1. The van der Waals surface area contributed by atoms with Crippen molar-refractivity contribution in [1.29, 1.82) is 0 Å². The topological polar surface area (TPSA) is 59.4 Å². The highest BCUT2D eigenvalue weighted by molar-refractivity contribution is 5.72. The maximum Gasteiger partial charge on any atom is 0.307 e. The predicted octanol–water partition coefficient (Wildman–Crippen LogP) is 2.69. The highest BCUT2D eigenvalue weighted by Crippen LogP contribution is 2.25. The molecular weight excluding hydrogens is 242 g/mol. The molecule has 0 aliphatic carbocycles. The lowest BCUT2D eigenvalue weighted by Gasteiger charge is -2.08. The van der Waals surface area contributed by atoms with Crippen LogP contribution < -0.4 is 4.74 Å². The number of aromatic nitrogens is 1. The molecule has 0 radical (unpaired) electrons. The quantitative estimate of drug-likeness (QED) is 0.914. The lowest BCUT2D eigenvalue weighted by molar-refractivity contribution is -0.136. The molecule has 2 rings (SSSR count). The van der Waals surface area contributed by atoms with E-state index in [9.17, 15) is 4.79 Å². The van der Waals surface area contributed by atoms with Crippen LogP contribution >= 0.6 is 0 Å². The van der Waals surface area contributed by atoms with E-state index >= 15 is 0 Å². The summed E-state index contributed by atoms with van der Waals surface area (Å²) in [5.74, 6) is -0.260. The third-order valence-electron chi connectivity index (χ3n) is 2.89. The fourth-order valence-corrected chi connectivity index (χ4v) is 1.97. The molecule has 0 fully saturated rings. The third-order valence-corrected chi connectivity index (χ3v) is 2.89. The van der Waals surface area contributed by atoms with Crippen LogP contribution in [0.25, 0.3) is 11.1 Å². The molecule has 1 heterocycles. The van der Waals surface area contributed by atoms with E-state index in [0.29, 0.717) is 5.88 Å². The van der Waals surface area contributed by atoms with E-state index in [0.717, 1.165) is 22.3 Å². The van der Waals surface area contributed by atoms with Crippen molar-refractivity contribution in [1.82, 2.24) is 4.98 Å². The number of aryl methyl sites for hydroxylation is 1. The van der Waals surface area contributed by atoms with Crippen molar-refractivity contribution in [3.63, 3.8) is 0 Å². The van der Waals surface area contributed by atoms with Gasteiger partial charge in [-0.05, 0) is 23.6 Å². The third kappa shape index (κ3) is 3.10. The molecule has 0 bridgehead atoms. The smallest absolute Gasteiger partial charge is 0.307 e. The summed E-state index contributed by atoms with van der Waals surface area (Å²) < 4.78 is 5.07. The standard InChI is InChI=1S/C15H15NO3/c1-10-6-14(19-2)16-9-13(10)12-5-3-4-11(7-12)8-15(17)18/h3-7,9H,8H2,1-2H3,(H,17,18). The molecule has 0 saturated carbocycles. The zero-order valence-corrected chi connectivity index (χ0v) is 10.9. The van der Waals surface area contributed by atoms with Gasteiger partial charge in [-0.2, -0.15) is 0 Å². The molecule has 0 amide bonds. The summed E-state index contributed by atoms with van der Waals surface area (Å²) in [5, 5.41) is 8.82. The number of nitrogens with zero attached hydrogens (tertiary/aromatic N) is 1. The monoisotopic (exact) mass is 257 g/mol. The van der Waals surface area contributed by atoms with Crippen molar-refractivity contribution in [2.45, 2.75) is 13.3 Å². The van der Waals surface area contributed by atoms with Crippen LogP contribution in [0, 0.1) is 6.92 Å². The summed E-state index contributed by atoms with van der Waals surface area (Å²) in [6, 6.07) is 9.35. The fraction of sp³-hybridized carbons (Fsp3) is 0.200. The van der Waals surface area contributed by atoms with Gasteiger partial charge in [0.05, 0.1) is 13.5 Å². The van der Waals surface area contributed by atoms with Crippen LogP contribution in [0.3, 0.4) is 0 Å². The van der Waals surface area contributed by atoms with Crippen LogP contribution in [0.15, 0.2) is 36.5 Å². The van der Waals surface area contributed by atoms with E-state index in [1.807, 2.05) is 37.3 Å². The molecule has 0 aliphatic rings. The molecule has 0 unspecified atom stereocenters.